The Morgan fingerprint density at radius 3 is 2.77 bits per heavy atom. The lowest BCUT2D eigenvalue weighted by atomic mass is 10.00. The number of halogens is 1. The van der Waals surface area contributed by atoms with Crippen molar-refractivity contribution in [3.63, 3.8) is 0 Å². The number of thiazole rings is 1. The number of amides is 1. The van der Waals surface area contributed by atoms with E-state index in [4.69, 9.17) is 0 Å². The van der Waals surface area contributed by atoms with Gasteiger partial charge in [0, 0.05) is 22.3 Å². The number of hydrogen-bond donors (Lipinski definition) is 2. The highest BCUT2D eigenvalue weighted by Gasteiger charge is 2.21. The lowest BCUT2D eigenvalue weighted by Crippen LogP contribution is -2.30. The van der Waals surface area contributed by atoms with Gasteiger partial charge in [0.1, 0.15) is 10.8 Å². The summed E-state index contributed by atoms with van der Waals surface area (Å²) in [5, 5.41) is 5.77. The molecule has 0 radical (unpaired) electrons. The van der Waals surface area contributed by atoms with Crippen molar-refractivity contribution in [1.82, 2.24) is 10.3 Å². The van der Waals surface area contributed by atoms with E-state index in [9.17, 15) is 17.9 Å². The second-order valence-electron chi connectivity index (χ2n) is 6.96. The van der Waals surface area contributed by atoms with Crippen molar-refractivity contribution in [2.45, 2.75) is 45.1 Å². The maximum Gasteiger partial charge on any atom is 0.224 e. The van der Waals surface area contributed by atoms with Crippen LogP contribution in [-0.2, 0) is 28.9 Å². The van der Waals surface area contributed by atoms with Gasteiger partial charge in [-0.2, -0.15) is 0 Å². The molecule has 1 unspecified atom stereocenters. The second kappa shape index (κ2) is 10.6. The summed E-state index contributed by atoms with van der Waals surface area (Å²) in [7, 11) is 0. The minimum absolute atomic E-state index is 0.0247. The number of aromatic nitrogens is 1. The Balaban J connectivity index is 1.74. The van der Waals surface area contributed by atoms with Gasteiger partial charge < -0.3 is 14.6 Å². The average molecular weight is 449 g/mol. The summed E-state index contributed by atoms with van der Waals surface area (Å²) in [5.41, 5.74) is 2.85. The van der Waals surface area contributed by atoms with E-state index in [1.54, 1.807) is 30.3 Å². The highest BCUT2D eigenvalue weighted by molar-refractivity contribution is 7.80. The Kier molecular flexibility index (Phi) is 7.89. The molecule has 3 rings (SSSR count). The molecule has 6 nitrogen and oxygen atoms in total. The molecule has 2 atom stereocenters. The van der Waals surface area contributed by atoms with Crippen LogP contribution in [0.15, 0.2) is 53.2 Å². The van der Waals surface area contributed by atoms with Crippen molar-refractivity contribution in [1.29, 1.82) is 0 Å². The Bertz CT molecular complexity index is 970. The summed E-state index contributed by atoms with van der Waals surface area (Å²) >= 11 is -0.897. The van der Waals surface area contributed by atoms with Crippen molar-refractivity contribution in [2.24, 2.45) is 0 Å². The highest BCUT2D eigenvalue weighted by Crippen LogP contribution is 2.26. The van der Waals surface area contributed by atoms with E-state index in [0.29, 0.717) is 24.1 Å². The molecule has 160 valence electrons. The molecule has 0 bridgehead atoms. The predicted molar refractivity (Wildman–Crippen MR) is 116 cm³/mol. The van der Waals surface area contributed by atoms with Gasteiger partial charge in [-0.15, -0.1) is 11.3 Å². The van der Waals surface area contributed by atoms with Crippen LogP contribution in [0.2, 0.25) is 0 Å². The number of carbonyl (C=O) groups is 1. The first-order chi connectivity index (χ1) is 14.4. The zero-order valence-electron chi connectivity index (χ0n) is 16.5. The number of carbonyl (C=O) groups excluding carboxylic acids is 1. The Hall–Kier alpha value is -2.36. The van der Waals surface area contributed by atoms with Crippen LogP contribution in [0.3, 0.4) is 0 Å². The summed E-state index contributed by atoms with van der Waals surface area (Å²) in [6, 6.07) is 6.58. The molecule has 1 aromatic carbocycles. The lowest BCUT2D eigenvalue weighted by Gasteiger charge is -2.18. The first-order valence-corrected chi connectivity index (χ1v) is 11.6. The Labute approximate surface area is 181 Å². The van der Waals surface area contributed by atoms with Crippen LogP contribution in [-0.4, -0.2) is 19.7 Å². The zero-order valence-corrected chi connectivity index (χ0v) is 18.2. The van der Waals surface area contributed by atoms with Gasteiger partial charge in [0.25, 0.3) is 0 Å². The quantitative estimate of drug-likeness (QED) is 0.560. The van der Waals surface area contributed by atoms with E-state index < -0.39 is 11.3 Å². The number of rotatable bonds is 9. The van der Waals surface area contributed by atoms with Crippen LogP contribution < -0.4 is 10.0 Å². The highest BCUT2D eigenvalue weighted by atomic mass is 32.2. The monoisotopic (exact) mass is 448 g/mol. The largest absolute Gasteiger partial charge is 0.755 e. The topological polar surface area (TPSA) is 94.1 Å². The van der Waals surface area contributed by atoms with Crippen molar-refractivity contribution in [2.75, 3.05) is 4.72 Å². The molecular weight excluding hydrogens is 425 g/mol. The molecule has 1 heterocycles. The fourth-order valence-electron chi connectivity index (χ4n) is 3.18. The third-order valence-corrected chi connectivity index (χ3v) is 6.16. The van der Waals surface area contributed by atoms with E-state index in [1.165, 1.54) is 17.4 Å². The summed E-state index contributed by atoms with van der Waals surface area (Å²) in [6.07, 6.45) is 5.79. The minimum atomic E-state index is -2.38. The number of benzene rings is 1. The maximum atomic E-state index is 13.9. The van der Waals surface area contributed by atoms with Crippen LogP contribution in [0.25, 0.3) is 0 Å². The molecule has 0 saturated carbocycles. The first kappa shape index (κ1) is 22.3. The van der Waals surface area contributed by atoms with Crippen LogP contribution in [0.4, 0.5) is 10.1 Å². The third-order valence-electron chi connectivity index (χ3n) is 4.75. The summed E-state index contributed by atoms with van der Waals surface area (Å²) in [6.45, 7) is 2.02. The van der Waals surface area contributed by atoms with Gasteiger partial charge in [-0.25, -0.2) is 9.37 Å². The zero-order chi connectivity index (χ0) is 21.5. The number of nitrogens with one attached hydrogen (secondary N) is 2. The first-order valence-electron chi connectivity index (χ1n) is 9.67. The van der Waals surface area contributed by atoms with E-state index in [1.807, 2.05) is 12.3 Å². The van der Waals surface area contributed by atoms with Crippen LogP contribution in [0.5, 0.6) is 0 Å². The van der Waals surface area contributed by atoms with Crippen molar-refractivity contribution >= 4 is 34.2 Å². The number of anilines is 1. The normalized spacial score (nSPS) is 15.7. The molecule has 0 aliphatic heterocycles. The fourth-order valence-corrected chi connectivity index (χ4v) is 4.46. The van der Waals surface area contributed by atoms with Gasteiger partial charge >= 0.3 is 0 Å². The molecule has 30 heavy (non-hydrogen) atoms. The van der Waals surface area contributed by atoms with Gasteiger partial charge in [-0.1, -0.05) is 25.1 Å². The van der Waals surface area contributed by atoms with Gasteiger partial charge in [0.2, 0.25) is 5.91 Å². The molecule has 2 aromatic rings. The van der Waals surface area contributed by atoms with Gasteiger partial charge in [-0.05, 0) is 55.0 Å². The van der Waals surface area contributed by atoms with Gasteiger partial charge in [-0.3, -0.25) is 9.00 Å². The summed E-state index contributed by atoms with van der Waals surface area (Å²) in [5.74, 6) is -0.567. The van der Waals surface area contributed by atoms with Gasteiger partial charge in [0.05, 0.1) is 18.2 Å². The number of nitrogens with zero attached hydrogens (tertiary/aromatic N) is 1. The predicted octanol–water partition coefficient (Wildman–Crippen LogP) is 4.28. The van der Waals surface area contributed by atoms with Crippen LogP contribution >= 0.6 is 11.3 Å². The number of allylic oxidation sites excluding steroid dienone is 3. The standard InChI is InChI=1S/C21H24FN3O3S2/c1-2-16-13-29-21(23-16)19(11-14-7-9-17(10-8-14)25-30(27)28)24-20(26)12-15-5-3-4-6-18(15)22/h4,6-10,13,19,25H,2-3,5,11-12H2,1H3,(H,24,26)(H,27,28)/p-1/t19-/m0/s1. The van der Waals surface area contributed by atoms with Crippen LogP contribution in [0.1, 0.15) is 48.5 Å². The molecule has 0 fully saturated rings. The molecule has 0 saturated heterocycles. The maximum absolute atomic E-state index is 13.9. The second-order valence-corrected chi connectivity index (χ2v) is 8.52. The Morgan fingerprint density at radius 2 is 2.13 bits per heavy atom. The molecule has 1 aliphatic rings. The SMILES string of the molecule is CCc1csc([C@H](Cc2ccc(NS(=O)[O-])cc2)NC(=O)CC2=C(F)C=CCC2)n1. The fraction of sp³-hybridized carbons (Fsp3) is 0.333. The third kappa shape index (κ3) is 6.32. The minimum Gasteiger partial charge on any atom is -0.755 e. The van der Waals surface area contributed by atoms with Crippen molar-refractivity contribution in [3.8, 4) is 0 Å². The van der Waals surface area contributed by atoms with Crippen molar-refractivity contribution < 1.29 is 17.9 Å². The van der Waals surface area contributed by atoms with Crippen LogP contribution in [0, 0.1) is 0 Å². The lowest BCUT2D eigenvalue weighted by molar-refractivity contribution is -0.121. The molecule has 9 heteroatoms. The molecule has 1 aromatic heterocycles. The number of aryl methyl sites for hydroxylation is 1. The van der Waals surface area contributed by atoms with E-state index in [-0.39, 0.29) is 24.2 Å². The Morgan fingerprint density at radius 1 is 1.37 bits per heavy atom. The molecule has 0 spiro atoms. The molecule has 1 amide bonds. The van der Waals surface area contributed by atoms with Crippen molar-refractivity contribution in [3.05, 3.63) is 69.5 Å². The molecule has 1 aliphatic carbocycles. The summed E-state index contributed by atoms with van der Waals surface area (Å²) < 4.78 is 37.8. The smallest absolute Gasteiger partial charge is 0.224 e. The molecule has 2 N–H and O–H groups in total. The van der Waals surface area contributed by atoms with E-state index in [2.05, 4.69) is 15.0 Å². The molecular formula is C21H23FN3O3S2-. The van der Waals surface area contributed by atoms with E-state index >= 15 is 0 Å². The van der Waals surface area contributed by atoms with E-state index in [0.717, 1.165) is 29.1 Å². The average Bonchev–Trinajstić information content (AvgIpc) is 3.19. The number of hydrogen-bond acceptors (Lipinski definition) is 5. The summed E-state index contributed by atoms with van der Waals surface area (Å²) in [4.78, 5) is 17.3. The van der Waals surface area contributed by atoms with Gasteiger partial charge in [0.15, 0.2) is 0 Å².